The zero-order valence-electron chi connectivity index (χ0n) is 8.73. The van der Waals surface area contributed by atoms with Gasteiger partial charge in [-0.05, 0) is 19.1 Å². The molecule has 0 saturated heterocycles. The van der Waals surface area contributed by atoms with Gasteiger partial charge in [-0.3, -0.25) is 4.79 Å². The van der Waals surface area contributed by atoms with Gasteiger partial charge >= 0.3 is 5.97 Å². The number of carbonyl (C=O) groups is 1. The first-order valence-corrected chi connectivity index (χ1v) is 4.78. The monoisotopic (exact) mass is 206 g/mol. The summed E-state index contributed by atoms with van der Waals surface area (Å²) in [4.78, 5) is 11.3. The number of rotatable bonds is 5. The van der Waals surface area contributed by atoms with Crippen LogP contribution in [-0.2, 0) is 20.7 Å². The van der Waals surface area contributed by atoms with E-state index in [4.69, 9.17) is 9.47 Å². The minimum Gasteiger partial charge on any atom is -0.466 e. The number of hydrogen-bond donors (Lipinski definition) is 0. The number of ether oxygens (including phenoxy) is 2. The summed E-state index contributed by atoms with van der Waals surface area (Å²) in [6.07, 6.45) is 0.229. The predicted molar refractivity (Wildman–Crippen MR) is 57.0 cm³/mol. The molecule has 0 fully saturated rings. The Morgan fingerprint density at radius 3 is 2.60 bits per heavy atom. The molecule has 0 spiro atoms. The first-order chi connectivity index (χ1) is 7.22. The van der Waals surface area contributed by atoms with Crippen molar-refractivity contribution >= 4 is 5.97 Å². The van der Waals surface area contributed by atoms with E-state index >= 15 is 0 Å². The summed E-state index contributed by atoms with van der Waals surface area (Å²) >= 11 is 0. The van der Waals surface area contributed by atoms with E-state index in [2.05, 4.69) is 6.58 Å². The predicted octanol–water partition coefficient (Wildman–Crippen LogP) is 2.28. The van der Waals surface area contributed by atoms with Gasteiger partial charge in [0.05, 0.1) is 13.0 Å². The second kappa shape index (κ2) is 5.86. The van der Waals surface area contributed by atoms with Crippen LogP contribution in [0.25, 0.3) is 0 Å². The van der Waals surface area contributed by atoms with E-state index in [0.29, 0.717) is 6.61 Å². The quantitative estimate of drug-likeness (QED) is 0.547. The second-order valence-corrected chi connectivity index (χ2v) is 2.94. The number of hydrogen-bond acceptors (Lipinski definition) is 3. The summed E-state index contributed by atoms with van der Waals surface area (Å²) < 4.78 is 9.75. The Labute approximate surface area is 89.3 Å². The lowest BCUT2D eigenvalue weighted by atomic mass is 10.2. The van der Waals surface area contributed by atoms with E-state index in [9.17, 15) is 4.79 Å². The second-order valence-electron chi connectivity index (χ2n) is 2.94. The minimum atomic E-state index is -0.361. The third-order valence-electron chi connectivity index (χ3n) is 1.72. The van der Waals surface area contributed by atoms with Gasteiger partial charge in [-0.1, -0.05) is 30.3 Å². The van der Waals surface area contributed by atoms with Crippen LogP contribution in [0.2, 0.25) is 0 Å². The van der Waals surface area contributed by atoms with E-state index in [-0.39, 0.29) is 18.3 Å². The van der Waals surface area contributed by atoms with Crippen LogP contribution in [0.15, 0.2) is 42.9 Å². The van der Waals surface area contributed by atoms with Gasteiger partial charge in [0.1, 0.15) is 0 Å². The molecule has 3 heteroatoms. The molecule has 3 nitrogen and oxygen atoms in total. The molecule has 0 heterocycles. The van der Waals surface area contributed by atoms with Gasteiger partial charge in [0, 0.05) is 0 Å². The summed E-state index contributed by atoms with van der Waals surface area (Å²) in [6.45, 7) is 5.70. The molecule has 1 rings (SSSR count). The normalized spacial score (nSPS) is 9.40. The van der Waals surface area contributed by atoms with Crippen molar-refractivity contribution in [1.29, 1.82) is 0 Å². The Hall–Kier alpha value is -1.77. The molecule has 15 heavy (non-hydrogen) atoms. The molecule has 0 aromatic heterocycles. The average Bonchev–Trinajstić information content (AvgIpc) is 2.19. The zero-order valence-corrected chi connectivity index (χ0v) is 8.73. The van der Waals surface area contributed by atoms with Gasteiger partial charge in [-0.2, -0.15) is 0 Å². The maximum absolute atomic E-state index is 11.3. The fourth-order valence-corrected chi connectivity index (χ4v) is 1.12. The molecule has 80 valence electrons. The van der Waals surface area contributed by atoms with Crippen molar-refractivity contribution in [3.05, 3.63) is 48.4 Å². The van der Waals surface area contributed by atoms with Gasteiger partial charge < -0.3 is 9.47 Å². The molecule has 0 aliphatic carbocycles. The van der Waals surface area contributed by atoms with Gasteiger partial charge in [-0.15, -0.1) is 0 Å². The molecule has 0 aliphatic heterocycles. The molecule has 1 aromatic rings. The summed E-state index contributed by atoms with van der Waals surface area (Å²) in [5, 5.41) is 0. The van der Waals surface area contributed by atoms with Crippen molar-refractivity contribution in [1.82, 2.24) is 0 Å². The third-order valence-corrected chi connectivity index (χ3v) is 1.72. The van der Waals surface area contributed by atoms with Crippen LogP contribution in [0, 0.1) is 0 Å². The molecule has 1 aromatic carbocycles. The third kappa shape index (κ3) is 4.31. The lowest BCUT2D eigenvalue weighted by molar-refractivity contribution is -0.143. The molecule has 0 unspecified atom stereocenters. The van der Waals surface area contributed by atoms with E-state index < -0.39 is 0 Å². The van der Waals surface area contributed by atoms with Gasteiger partial charge in [0.2, 0.25) is 0 Å². The van der Waals surface area contributed by atoms with E-state index in [1.54, 1.807) is 6.92 Å². The zero-order chi connectivity index (χ0) is 11.1. The smallest absolute Gasteiger partial charge is 0.318 e. The summed E-state index contributed by atoms with van der Waals surface area (Å²) in [5.74, 6) is -0.307. The van der Waals surface area contributed by atoms with E-state index in [0.717, 1.165) is 5.56 Å². The van der Waals surface area contributed by atoms with Crippen molar-refractivity contribution in [3.63, 3.8) is 0 Å². The Kier molecular flexibility index (Phi) is 4.41. The minimum absolute atomic E-state index is 0.0541. The van der Waals surface area contributed by atoms with Crippen LogP contribution in [0.4, 0.5) is 0 Å². The molecular weight excluding hydrogens is 192 g/mol. The standard InChI is InChI=1S/C12H14O3/c1-3-14-10(2)15-12(13)9-11-7-5-4-6-8-11/h4-8H,2-3,9H2,1H3. The van der Waals surface area contributed by atoms with Crippen LogP contribution in [0.3, 0.4) is 0 Å². The van der Waals surface area contributed by atoms with Crippen LogP contribution in [-0.4, -0.2) is 12.6 Å². The number of esters is 1. The first-order valence-electron chi connectivity index (χ1n) is 4.78. The highest BCUT2D eigenvalue weighted by molar-refractivity contribution is 5.73. The SMILES string of the molecule is C=C(OCC)OC(=O)Cc1ccccc1. The van der Waals surface area contributed by atoms with Crippen molar-refractivity contribution in [3.8, 4) is 0 Å². The molecule has 0 atom stereocenters. The average molecular weight is 206 g/mol. The lowest BCUT2D eigenvalue weighted by Crippen LogP contribution is -2.08. The van der Waals surface area contributed by atoms with Crippen LogP contribution in [0.1, 0.15) is 12.5 Å². The first kappa shape index (κ1) is 11.3. The number of benzene rings is 1. The van der Waals surface area contributed by atoms with E-state index in [1.807, 2.05) is 30.3 Å². The molecule has 0 radical (unpaired) electrons. The Morgan fingerprint density at radius 1 is 1.33 bits per heavy atom. The highest BCUT2D eigenvalue weighted by atomic mass is 16.7. The lowest BCUT2D eigenvalue weighted by Gasteiger charge is -2.06. The van der Waals surface area contributed by atoms with Crippen LogP contribution >= 0.6 is 0 Å². The number of carbonyl (C=O) groups excluding carboxylic acids is 1. The molecule has 0 amide bonds. The fourth-order valence-electron chi connectivity index (χ4n) is 1.12. The van der Waals surface area contributed by atoms with Crippen molar-refractivity contribution in [2.75, 3.05) is 6.61 Å². The Bertz CT molecular complexity index is 330. The fraction of sp³-hybridized carbons (Fsp3) is 0.250. The van der Waals surface area contributed by atoms with Crippen molar-refractivity contribution in [2.24, 2.45) is 0 Å². The summed E-state index contributed by atoms with van der Waals surface area (Å²) in [7, 11) is 0. The molecule has 0 N–H and O–H groups in total. The maximum Gasteiger partial charge on any atom is 0.318 e. The molecule has 0 bridgehead atoms. The molecular formula is C12H14O3. The van der Waals surface area contributed by atoms with Crippen LogP contribution < -0.4 is 0 Å². The molecule has 0 saturated carbocycles. The van der Waals surface area contributed by atoms with Crippen molar-refractivity contribution < 1.29 is 14.3 Å². The maximum atomic E-state index is 11.3. The highest BCUT2D eigenvalue weighted by Gasteiger charge is 2.06. The van der Waals surface area contributed by atoms with Crippen molar-refractivity contribution in [2.45, 2.75) is 13.3 Å². The topological polar surface area (TPSA) is 35.5 Å². The van der Waals surface area contributed by atoms with Gasteiger partial charge in [-0.25, -0.2) is 0 Å². The van der Waals surface area contributed by atoms with Crippen LogP contribution in [0.5, 0.6) is 0 Å². The summed E-state index contributed by atoms with van der Waals surface area (Å²) in [6, 6.07) is 9.38. The Morgan fingerprint density at radius 2 is 2.00 bits per heavy atom. The largest absolute Gasteiger partial charge is 0.466 e. The van der Waals surface area contributed by atoms with Gasteiger partial charge in [0.25, 0.3) is 5.95 Å². The van der Waals surface area contributed by atoms with E-state index in [1.165, 1.54) is 0 Å². The summed E-state index contributed by atoms with van der Waals surface area (Å²) in [5.41, 5.74) is 0.909. The van der Waals surface area contributed by atoms with Gasteiger partial charge in [0.15, 0.2) is 0 Å². The molecule has 0 aliphatic rings. The highest BCUT2D eigenvalue weighted by Crippen LogP contribution is 2.03. The Balaban J connectivity index is 2.40.